The summed E-state index contributed by atoms with van der Waals surface area (Å²) in [5.41, 5.74) is 7.92. The fourth-order valence-corrected chi connectivity index (χ4v) is 1.70. The van der Waals surface area contributed by atoms with Crippen LogP contribution in [-0.2, 0) is 0 Å². The first-order chi connectivity index (χ1) is 5.83. The lowest BCUT2D eigenvalue weighted by atomic mass is 10.3. The molecule has 0 saturated heterocycles. The van der Waals surface area contributed by atoms with Gasteiger partial charge in [-0.1, -0.05) is 0 Å². The molecular weight excluding hydrogens is 174 g/mol. The highest BCUT2D eigenvalue weighted by Gasteiger charge is 2.08. The number of hydrogen-bond acceptors (Lipinski definition) is 5. The first-order valence-corrected chi connectivity index (χ1v) is 4.60. The molecule has 5 heteroatoms. The maximum atomic E-state index is 5.73. The summed E-state index contributed by atoms with van der Waals surface area (Å²) >= 11 is 1.54. The third kappa shape index (κ3) is 0.937. The third-order valence-electron chi connectivity index (χ3n) is 1.62. The van der Waals surface area contributed by atoms with Crippen LogP contribution in [0.5, 0.6) is 0 Å². The number of aromatic nitrogens is 2. The number of anilines is 1. The minimum atomic E-state index is 0.714. The second-order valence-corrected chi connectivity index (χ2v) is 3.14. The Labute approximate surface area is 73.1 Å². The smallest absolute Gasteiger partial charge is 0.150 e. The van der Waals surface area contributed by atoms with E-state index in [1.807, 2.05) is 6.26 Å². The fourth-order valence-electron chi connectivity index (χ4n) is 1.06. The Balaban J connectivity index is 2.83. The molecular formula is C7H7N3OS. The van der Waals surface area contributed by atoms with Crippen LogP contribution in [0, 0.1) is 0 Å². The second-order valence-electron chi connectivity index (χ2n) is 2.32. The molecule has 0 saturated carbocycles. The molecule has 2 rings (SSSR count). The van der Waals surface area contributed by atoms with Gasteiger partial charge in [0.15, 0.2) is 5.52 Å². The van der Waals surface area contributed by atoms with E-state index in [4.69, 9.17) is 5.73 Å². The third-order valence-corrected chi connectivity index (χ3v) is 2.45. The minimum absolute atomic E-state index is 0.714. The highest BCUT2D eigenvalue weighted by Crippen LogP contribution is 2.29. The maximum Gasteiger partial charge on any atom is 0.150 e. The average molecular weight is 181 g/mol. The molecule has 1 aromatic carbocycles. The van der Waals surface area contributed by atoms with Gasteiger partial charge in [0.25, 0.3) is 0 Å². The number of thioether (sulfide) groups is 1. The normalized spacial score (nSPS) is 10.8. The molecule has 0 fully saturated rings. The zero-order valence-electron chi connectivity index (χ0n) is 6.44. The average Bonchev–Trinajstić information content (AvgIpc) is 2.52. The van der Waals surface area contributed by atoms with E-state index in [-0.39, 0.29) is 0 Å². The standard InChI is InChI=1S/C7H7N3OS/c1-12-7-4(8)2-3-5-6(7)10-11-9-5/h2-3H,8H2,1H3. The minimum Gasteiger partial charge on any atom is -0.398 e. The molecule has 0 aliphatic heterocycles. The van der Waals surface area contributed by atoms with Gasteiger partial charge in [-0.15, -0.1) is 11.8 Å². The van der Waals surface area contributed by atoms with Crippen LogP contribution in [0.2, 0.25) is 0 Å². The molecule has 0 aliphatic carbocycles. The predicted molar refractivity (Wildman–Crippen MR) is 48.0 cm³/mol. The monoisotopic (exact) mass is 181 g/mol. The molecule has 0 unspecified atom stereocenters. The molecule has 0 radical (unpaired) electrons. The summed E-state index contributed by atoms with van der Waals surface area (Å²) in [6, 6.07) is 3.60. The van der Waals surface area contributed by atoms with E-state index < -0.39 is 0 Å². The van der Waals surface area contributed by atoms with E-state index in [9.17, 15) is 0 Å². The number of hydrogen-bond donors (Lipinski definition) is 1. The van der Waals surface area contributed by atoms with Crippen LogP contribution in [0.3, 0.4) is 0 Å². The Morgan fingerprint density at radius 2 is 2.25 bits per heavy atom. The summed E-state index contributed by atoms with van der Waals surface area (Å²) in [4.78, 5) is 0.925. The predicted octanol–water partition coefficient (Wildman–Crippen LogP) is 1.53. The Bertz CT molecular complexity index is 412. The molecule has 4 nitrogen and oxygen atoms in total. The molecule has 0 bridgehead atoms. The summed E-state index contributed by atoms with van der Waals surface area (Å²) < 4.78 is 4.59. The van der Waals surface area contributed by atoms with Gasteiger partial charge >= 0.3 is 0 Å². The fraction of sp³-hybridized carbons (Fsp3) is 0.143. The van der Waals surface area contributed by atoms with Crippen molar-refractivity contribution in [3.8, 4) is 0 Å². The van der Waals surface area contributed by atoms with Crippen molar-refractivity contribution in [1.29, 1.82) is 0 Å². The van der Waals surface area contributed by atoms with Gasteiger partial charge in [-0.25, -0.2) is 4.63 Å². The van der Waals surface area contributed by atoms with E-state index in [0.29, 0.717) is 5.69 Å². The van der Waals surface area contributed by atoms with Gasteiger partial charge in [0.05, 0.1) is 4.90 Å². The first kappa shape index (κ1) is 7.42. The lowest BCUT2D eigenvalue weighted by Gasteiger charge is -1.99. The molecule has 12 heavy (non-hydrogen) atoms. The van der Waals surface area contributed by atoms with Gasteiger partial charge in [-0.3, -0.25) is 0 Å². The van der Waals surface area contributed by atoms with Crippen molar-refractivity contribution in [3.63, 3.8) is 0 Å². The van der Waals surface area contributed by atoms with Crippen LogP contribution in [0.15, 0.2) is 21.7 Å². The van der Waals surface area contributed by atoms with Crippen molar-refractivity contribution >= 4 is 28.5 Å². The molecule has 0 spiro atoms. The van der Waals surface area contributed by atoms with Gasteiger partial charge in [-0.05, 0) is 28.7 Å². The van der Waals surface area contributed by atoms with Crippen molar-refractivity contribution in [2.45, 2.75) is 4.90 Å². The van der Waals surface area contributed by atoms with Crippen LogP contribution in [0.4, 0.5) is 5.69 Å². The van der Waals surface area contributed by atoms with Gasteiger partial charge in [0, 0.05) is 5.69 Å². The van der Waals surface area contributed by atoms with Crippen molar-refractivity contribution in [2.24, 2.45) is 0 Å². The quantitative estimate of drug-likeness (QED) is 0.533. The molecule has 2 N–H and O–H groups in total. The van der Waals surface area contributed by atoms with Crippen LogP contribution in [-0.4, -0.2) is 16.6 Å². The topological polar surface area (TPSA) is 64.9 Å². The van der Waals surface area contributed by atoms with Crippen molar-refractivity contribution in [3.05, 3.63) is 12.1 Å². The molecule has 0 atom stereocenters. The van der Waals surface area contributed by atoms with Gasteiger partial charge in [-0.2, -0.15) is 0 Å². The van der Waals surface area contributed by atoms with E-state index in [1.54, 1.807) is 23.9 Å². The summed E-state index contributed by atoms with van der Waals surface area (Å²) in [7, 11) is 0. The summed E-state index contributed by atoms with van der Waals surface area (Å²) in [6.07, 6.45) is 1.94. The van der Waals surface area contributed by atoms with Crippen LogP contribution in [0.1, 0.15) is 0 Å². The SMILES string of the molecule is CSc1c(N)ccc2nonc12. The van der Waals surface area contributed by atoms with Gasteiger partial charge in [0.1, 0.15) is 5.52 Å². The summed E-state index contributed by atoms with van der Waals surface area (Å²) in [5, 5.41) is 7.48. The molecule has 0 amide bonds. The number of fused-ring (bicyclic) bond motifs is 1. The van der Waals surface area contributed by atoms with Crippen LogP contribution < -0.4 is 5.73 Å². The molecule has 0 aliphatic rings. The Morgan fingerprint density at radius 3 is 3.00 bits per heavy atom. The number of nitrogen functional groups attached to an aromatic ring is 1. The van der Waals surface area contributed by atoms with Crippen molar-refractivity contribution in [2.75, 3.05) is 12.0 Å². The van der Waals surface area contributed by atoms with Crippen molar-refractivity contribution in [1.82, 2.24) is 10.3 Å². The highest BCUT2D eigenvalue weighted by atomic mass is 32.2. The van der Waals surface area contributed by atoms with Crippen LogP contribution in [0.25, 0.3) is 11.0 Å². The Morgan fingerprint density at radius 1 is 1.42 bits per heavy atom. The molecule has 1 aromatic heterocycles. The summed E-state index contributed by atoms with van der Waals surface area (Å²) in [6.45, 7) is 0. The van der Waals surface area contributed by atoms with E-state index >= 15 is 0 Å². The van der Waals surface area contributed by atoms with Gasteiger partial charge < -0.3 is 5.73 Å². The molecule has 2 aromatic rings. The number of benzene rings is 1. The van der Waals surface area contributed by atoms with Gasteiger partial charge in [0.2, 0.25) is 0 Å². The zero-order valence-corrected chi connectivity index (χ0v) is 7.26. The molecule has 62 valence electrons. The Hall–Kier alpha value is -1.23. The lowest BCUT2D eigenvalue weighted by molar-refractivity contribution is 0.315. The highest BCUT2D eigenvalue weighted by molar-refractivity contribution is 7.99. The van der Waals surface area contributed by atoms with E-state index in [1.165, 1.54) is 0 Å². The lowest BCUT2D eigenvalue weighted by Crippen LogP contribution is -1.88. The number of nitrogens with two attached hydrogens (primary N) is 1. The number of nitrogens with zero attached hydrogens (tertiary/aromatic N) is 2. The Kier molecular flexibility index (Phi) is 1.65. The van der Waals surface area contributed by atoms with E-state index in [0.717, 1.165) is 15.9 Å². The maximum absolute atomic E-state index is 5.73. The zero-order chi connectivity index (χ0) is 8.55. The number of rotatable bonds is 1. The molecule has 1 heterocycles. The first-order valence-electron chi connectivity index (χ1n) is 3.37. The van der Waals surface area contributed by atoms with Crippen LogP contribution >= 0.6 is 11.8 Å². The van der Waals surface area contributed by atoms with E-state index in [2.05, 4.69) is 14.9 Å². The second kappa shape index (κ2) is 2.67. The largest absolute Gasteiger partial charge is 0.398 e. The summed E-state index contributed by atoms with van der Waals surface area (Å²) in [5.74, 6) is 0. The van der Waals surface area contributed by atoms with Crippen molar-refractivity contribution < 1.29 is 4.63 Å².